The number of hydrogen-bond donors (Lipinski definition) is 0. The van der Waals surface area contributed by atoms with Gasteiger partial charge in [-0.25, -0.2) is 0 Å². The van der Waals surface area contributed by atoms with Crippen molar-refractivity contribution in [3.8, 4) is 0 Å². The lowest BCUT2D eigenvalue weighted by atomic mass is 10.0. The molecule has 0 spiro atoms. The van der Waals surface area contributed by atoms with Crippen LogP contribution in [0.2, 0.25) is 0 Å². The first-order chi connectivity index (χ1) is 14.9. The van der Waals surface area contributed by atoms with Crippen molar-refractivity contribution >= 4 is 15.6 Å². The smallest absolute Gasteiger partial charge is 0.0533 e. The van der Waals surface area contributed by atoms with Gasteiger partial charge in [-0.05, 0) is 0 Å². The molecule has 0 aliphatic carbocycles. The van der Waals surface area contributed by atoms with E-state index in [0.717, 1.165) is 0 Å². The predicted octanol–water partition coefficient (Wildman–Crippen LogP) is 2.99. The van der Waals surface area contributed by atoms with Gasteiger partial charge in [-0.3, -0.25) is 0 Å². The molecule has 214 valence electrons. The molecule has 0 rings (SSSR count). The molecule has 0 saturated carbocycles. The predicted molar refractivity (Wildman–Crippen MR) is 129 cm³/mol. The Morgan fingerprint density at radius 3 is 0.559 bits per heavy atom. The molecule has 9 nitrogen and oxygen atoms in total. The van der Waals surface area contributed by atoms with Crippen molar-refractivity contribution in [2.45, 2.75) is 150 Å². The van der Waals surface area contributed by atoms with Crippen LogP contribution in [0.25, 0.3) is 0 Å². The van der Waals surface area contributed by atoms with Crippen LogP contribution >= 0.6 is 15.6 Å². The molecule has 0 atom stereocenters. The molecule has 0 aromatic carbocycles. The fourth-order valence-electron chi connectivity index (χ4n) is 3.33. The van der Waals surface area contributed by atoms with Crippen LogP contribution < -0.4 is 29.4 Å². The average Bonchev–Trinajstić information content (AvgIpc) is 2.64. The normalized spacial score (nSPS) is 10.7. The van der Waals surface area contributed by atoms with E-state index in [2.05, 4.69) is 13.8 Å². The van der Waals surface area contributed by atoms with Crippen LogP contribution in [0.4, 0.5) is 0 Å². The Morgan fingerprint density at radius 1 is 0.382 bits per heavy atom. The van der Waals surface area contributed by atoms with Crippen molar-refractivity contribution < 1.29 is 44.0 Å². The van der Waals surface area contributed by atoms with Gasteiger partial charge in [0, 0.05) is 0 Å². The van der Waals surface area contributed by atoms with Crippen LogP contribution in [0, 0.1) is 0 Å². The van der Waals surface area contributed by atoms with Gasteiger partial charge in [0.2, 0.25) is 0 Å². The van der Waals surface area contributed by atoms with E-state index in [1.54, 1.807) is 0 Å². The maximum Gasteiger partial charge on any atom is -0.0533 e. The summed E-state index contributed by atoms with van der Waals surface area (Å²) < 4.78 is 17.1. The fraction of sp³-hybridized carbons (Fsp3) is 1.00. The zero-order valence-corrected chi connectivity index (χ0v) is 22.6. The van der Waals surface area contributed by atoms with Gasteiger partial charge in [0.25, 0.3) is 0 Å². The third kappa shape index (κ3) is 85.0. The second-order valence-electron chi connectivity index (χ2n) is 8.26. The molecule has 0 amide bonds. The Kier molecular flexibility index (Phi) is 43.1. The monoisotopic (exact) mass is 534 g/mol. The Hall–Kier alpha value is 0.180. The van der Waals surface area contributed by atoms with Crippen LogP contribution in [0.5, 0.6) is 0 Å². The summed E-state index contributed by atoms with van der Waals surface area (Å²) in [7, 11) is -10.8. The van der Waals surface area contributed by atoms with E-state index in [1.807, 2.05) is 0 Å². The van der Waals surface area contributed by atoms with E-state index < -0.39 is 15.6 Å². The zero-order chi connectivity index (χ0) is 25.1. The van der Waals surface area contributed by atoms with Crippen molar-refractivity contribution in [2.24, 2.45) is 0 Å². The van der Waals surface area contributed by atoms with E-state index in [1.165, 1.54) is 128 Å². The summed E-state index contributed by atoms with van der Waals surface area (Å²) in [5, 5.41) is 0. The minimum absolute atomic E-state index is 0. The lowest BCUT2D eigenvalue weighted by Crippen LogP contribution is -2.24. The molecule has 2 N–H and O–H groups in total. The molecule has 0 unspecified atom stereocenters. The van der Waals surface area contributed by atoms with E-state index >= 15 is 0 Å². The molecule has 0 saturated heterocycles. The maximum atomic E-state index is 8.55. The molecular weight excluding hydrogens is 482 g/mol. The Balaban J connectivity index is -0.000000196. The quantitative estimate of drug-likeness (QED) is 0.177. The molecule has 0 aliphatic rings. The van der Waals surface area contributed by atoms with E-state index in [9.17, 15) is 0 Å². The lowest BCUT2D eigenvalue weighted by molar-refractivity contribution is -0.434. The SMILES string of the molecule is C.CCCCCCCCCCCCCCCCCCCCCC.O.O=P([O-])([O-])[O-].O=P([O-])([O-])[O-]. The van der Waals surface area contributed by atoms with Gasteiger partial charge < -0.3 is 44.0 Å². The Bertz CT molecular complexity index is 384. The average molecular weight is 535 g/mol. The molecule has 0 fully saturated rings. The molecule has 0 aromatic rings. The van der Waals surface area contributed by atoms with Crippen molar-refractivity contribution in [3.05, 3.63) is 0 Å². The lowest BCUT2D eigenvalue weighted by Gasteiger charge is -2.36. The number of unbranched alkanes of at least 4 members (excludes halogenated alkanes) is 19. The second-order valence-corrected chi connectivity index (χ2v) is 10.0. The third-order valence-corrected chi connectivity index (χ3v) is 4.96. The zero-order valence-electron chi connectivity index (χ0n) is 20.8. The minimum Gasteiger partial charge on any atom is -0.822 e. The topological polar surface area (TPSA) is 204 Å². The van der Waals surface area contributed by atoms with Gasteiger partial charge in [0.1, 0.15) is 0 Å². The highest BCUT2D eigenvalue weighted by molar-refractivity contribution is 7.40. The van der Waals surface area contributed by atoms with Gasteiger partial charge in [-0.2, -0.15) is 15.6 Å². The number of rotatable bonds is 19. The van der Waals surface area contributed by atoms with Crippen molar-refractivity contribution in [1.29, 1.82) is 0 Å². The third-order valence-electron chi connectivity index (χ3n) is 4.96. The number of phosphoric acid groups is 2. The van der Waals surface area contributed by atoms with Crippen molar-refractivity contribution in [1.82, 2.24) is 0 Å². The van der Waals surface area contributed by atoms with Crippen LogP contribution in [0.15, 0.2) is 0 Å². The van der Waals surface area contributed by atoms with Crippen molar-refractivity contribution in [3.63, 3.8) is 0 Å². The molecule has 0 bridgehead atoms. The Labute approximate surface area is 209 Å². The fourth-order valence-corrected chi connectivity index (χ4v) is 3.33. The first kappa shape index (κ1) is 44.2. The second kappa shape index (κ2) is 33.2. The molecule has 34 heavy (non-hydrogen) atoms. The van der Waals surface area contributed by atoms with Crippen LogP contribution in [0.1, 0.15) is 150 Å². The molecule has 0 heterocycles. The van der Waals surface area contributed by atoms with Crippen LogP contribution in [-0.2, 0) is 9.13 Å². The molecule has 0 aliphatic heterocycles. The summed E-state index contributed by atoms with van der Waals surface area (Å²) >= 11 is 0. The summed E-state index contributed by atoms with van der Waals surface area (Å²) in [4.78, 5) is 51.3. The number of hydrogen-bond acceptors (Lipinski definition) is 8. The molecule has 0 aromatic heterocycles. The van der Waals surface area contributed by atoms with E-state index in [0.29, 0.717) is 0 Å². The van der Waals surface area contributed by atoms with Gasteiger partial charge >= 0.3 is 0 Å². The van der Waals surface area contributed by atoms with Gasteiger partial charge in [-0.1, -0.05) is 150 Å². The molecule has 0 radical (unpaired) electrons. The highest BCUT2D eigenvalue weighted by Gasteiger charge is 1.94. The highest BCUT2D eigenvalue weighted by Crippen LogP contribution is 2.14. The summed E-state index contributed by atoms with van der Waals surface area (Å²) in [6.07, 6.45) is 29.4. The first-order valence-electron chi connectivity index (χ1n) is 12.4. The summed E-state index contributed by atoms with van der Waals surface area (Å²) in [6.45, 7) is 4.60. The first-order valence-corrected chi connectivity index (χ1v) is 15.3. The van der Waals surface area contributed by atoms with Gasteiger partial charge in [0.15, 0.2) is 0 Å². The van der Waals surface area contributed by atoms with Crippen LogP contribution in [0.3, 0.4) is 0 Å². The standard InChI is InChI=1S/C22H46.CH4.2H3O4P.H2O/c1-3-5-7-9-11-13-15-17-19-21-22-20-18-16-14-12-10-8-6-4-2;;2*1-5(2,3)4;/h3-22H2,1-2H3;1H4;2*(H3,1,2,3,4);1H2/p-6. The van der Waals surface area contributed by atoms with Gasteiger partial charge in [0.05, 0.1) is 0 Å². The van der Waals surface area contributed by atoms with E-state index in [4.69, 9.17) is 38.5 Å². The largest absolute Gasteiger partial charge is 0.822 e. The minimum atomic E-state index is -5.39. The molecule has 11 heteroatoms. The van der Waals surface area contributed by atoms with E-state index in [-0.39, 0.29) is 12.9 Å². The van der Waals surface area contributed by atoms with Crippen LogP contribution in [-0.4, -0.2) is 5.48 Å². The summed E-state index contributed by atoms with van der Waals surface area (Å²) in [5.74, 6) is 0. The summed E-state index contributed by atoms with van der Waals surface area (Å²) in [6, 6.07) is 0. The highest BCUT2D eigenvalue weighted by atomic mass is 31.2. The Morgan fingerprint density at radius 2 is 0.471 bits per heavy atom. The van der Waals surface area contributed by atoms with Gasteiger partial charge in [-0.15, -0.1) is 0 Å². The molecular formula is C23H52O9P2-6. The van der Waals surface area contributed by atoms with Crippen molar-refractivity contribution in [2.75, 3.05) is 0 Å². The maximum absolute atomic E-state index is 8.55. The summed E-state index contributed by atoms with van der Waals surface area (Å²) in [5.41, 5.74) is 0.